The molecule has 0 atom stereocenters. The number of para-hydroxylation sites is 2. The summed E-state index contributed by atoms with van der Waals surface area (Å²) in [5.74, 6) is 1.26. The standard InChI is InChI=1S/C21H18N2O3S/c1-3-10-23-18-7-5-4-6-17(18)22-21(23)27-13-14-11-20(24)26-19-12-15(25-2)8-9-16(14)19/h3-9,11-12H,1,10,13H2,2H3. The van der Waals surface area contributed by atoms with Crippen molar-refractivity contribution in [2.75, 3.05) is 7.11 Å². The summed E-state index contributed by atoms with van der Waals surface area (Å²) < 4.78 is 12.7. The summed E-state index contributed by atoms with van der Waals surface area (Å²) in [6.45, 7) is 4.53. The van der Waals surface area contributed by atoms with Crippen LogP contribution in [0.5, 0.6) is 5.75 Å². The van der Waals surface area contributed by atoms with Crippen molar-refractivity contribution in [3.8, 4) is 5.75 Å². The van der Waals surface area contributed by atoms with E-state index in [1.54, 1.807) is 31.0 Å². The van der Waals surface area contributed by atoms with E-state index in [1.165, 1.54) is 0 Å². The van der Waals surface area contributed by atoms with Crippen molar-refractivity contribution < 1.29 is 9.15 Å². The fraction of sp³-hybridized carbons (Fsp3) is 0.143. The Morgan fingerprint density at radius 2 is 2.11 bits per heavy atom. The Hall–Kier alpha value is -2.99. The molecule has 2 heterocycles. The van der Waals surface area contributed by atoms with Crippen LogP contribution in [0.1, 0.15) is 5.56 Å². The molecule has 27 heavy (non-hydrogen) atoms. The van der Waals surface area contributed by atoms with E-state index in [1.807, 2.05) is 36.4 Å². The smallest absolute Gasteiger partial charge is 0.336 e. The second-order valence-electron chi connectivity index (χ2n) is 6.02. The topological polar surface area (TPSA) is 57.3 Å². The number of rotatable bonds is 6. The van der Waals surface area contributed by atoms with Crippen molar-refractivity contribution in [1.82, 2.24) is 9.55 Å². The molecule has 6 heteroatoms. The van der Waals surface area contributed by atoms with Crippen molar-refractivity contribution >= 4 is 33.8 Å². The van der Waals surface area contributed by atoms with E-state index in [4.69, 9.17) is 14.1 Å². The molecule has 2 aromatic carbocycles. The van der Waals surface area contributed by atoms with Gasteiger partial charge in [-0.15, -0.1) is 6.58 Å². The van der Waals surface area contributed by atoms with Gasteiger partial charge in [0.15, 0.2) is 5.16 Å². The molecule has 2 aromatic heterocycles. The van der Waals surface area contributed by atoms with Crippen LogP contribution in [-0.2, 0) is 12.3 Å². The van der Waals surface area contributed by atoms with Gasteiger partial charge in [0.05, 0.1) is 18.1 Å². The molecule has 136 valence electrons. The van der Waals surface area contributed by atoms with Gasteiger partial charge in [-0.1, -0.05) is 30.0 Å². The summed E-state index contributed by atoms with van der Waals surface area (Å²) >= 11 is 1.59. The number of allylic oxidation sites excluding steroid dienone is 1. The molecule has 0 unspecified atom stereocenters. The van der Waals surface area contributed by atoms with Crippen LogP contribution >= 0.6 is 11.8 Å². The average Bonchev–Trinajstić information content (AvgIpc) is 3.03. The van der Waals surface area contributed by atoms with Gasteiger partial charge < -0.3 is 13.7 Å². The molecule has 4 aromatic rings. The molecule has 4 rings (SSSR count). The minimum absolute atomic E-state index is 0.369. The zero-order chi connectivity index (χ0) is 18.8. The van der Waals surface area contributed by atoms with Crippen molar-refractivity contribution in [2.24, 2.45) is 0 Å². The Morgan fingerprint density at radius 3 is 2.93 bits per heavy atom. The number of nitrogens with zero attached hydrogens (tertiary/aromatic N) is 2. The van der Waals surface area contributed by atoms with Gasteiger partial charge in [0.25, 0.3) is 0 Å². The lowest BCUT2D eigenvalue weighted by molar-refractivity contribution is 0.414. The third-order valence-corrected chi connectivity index (χ3v) is 5.35. The molecule has 0 spiro atoms. The zero-order valence-corrected chi connectivity index (χ0v) is 15.7. The minimum Gasteiger partial charge on any atom is -0.497 e. The molecular weight excluding hydrogens is 360 g/mol. The second kappa shape index (κ2) is 7.32. The number of hydrogen-bond donors (Lipinski definition) is 0. The second-order valence-corrected chi connectivity index (χ2v) is 6.97. The van der Waals surface area contributed by atoms with Gasteiger partial charge in [-0.2, -0.15) is 0 Å². The van der Waals surface area contributed by atoms with Crippen molar-refractivity contribution in [2.45, 2.75) is 17.5 Å². The third kappa shape index (κ3) is 3.36. The van der Waals surface area contributed by atoms with Gasteiger partial charge in [0.2, 0.25) is 0 Å². The average molecular weight is 378 g/mol. The number of fused-ring (bicyclic) bond motifs is 2. The largest absolute Gasteiger partial charge is 0.497 e. The van der Waals surface area contributed by atoms with Gasteiger partial charge in [-0.3, -0.25) is 0 Å². The van der Waals surface area contributed by atoms with E-state index < -0.39 is 0 Å². The molecule has 0 aliphatic heterocycles. The fourth-order valence-corrected chi connectivity index (χ4v) is 4.08. The summed E-state index contributed by atoms with van der Waals surface area (Å²) in [7, 11) is 1.59. The van der Waals surface area contributed by atoms with Gasteiger partial charge in [0, 0.05) is 29.8 Å². The first-order chi connectivity index (χ1) is 13.2. The van der Waals surface area contributed by atoms with Crippen LogP contribution in [0.4, 0.5) is 0 Å². The molecule has 0 amide bonds. The van der Waals surface area contributed by atoms with Crippen LogP contribution in [0.25, 0.3) is 22.0 Å². The molecule has 0 saturated heterocycles. The number of imidazole rings is 1. The molecular formula is C21H18N2O3S. The SMILES string of the molecule is C=CCn1c(SCc2cc(=O)oc3cc(OC)ccc23)nc2ccccc21. The quantitative estimate of drug-likeness (QED) is 0.278. The maximum absolute atomic E-state index is 12.0. The molecule has 0 N–H and O–H groups in total. The number of methoxy groups -OCH3 is 1. The van der Waals surface area contributed by atoms with Crippen LogP contribution in [-0.4, -0.2) is 16.7 Å². The number of ether oxygens (including phenoxy) is 1. The summed E-state index contributed by atoms with van der Waals surface area (Å²) in [5, 5.41) is 1.79. The molecule has 5 nitrogen and oxygen atoms in total. The first kappa shape index (κ1) is 17.4. The van der Waals surface area contributed by atoms with Gasteiger partial charge >= 0.3 is 5.63 Å². The maximum atomic E-state index is 12.0. The van der Waals surface area contributed by atoms with E-state index in [0.29, 0.717) is 23.6 Å². The van der Waals surface area contributed by atoms with Crippen LogP contribution in [0.2, 0.25) is 0 Å². The summed E-state index contributed by atoms with van der Waals surface area (Å²) in [4.78, 5) is 16.7. The predicted octanol–water partition coefficient (Wildman–Crippen LogP) is 4.63. The highest BCUT2D eigenvalue weighted by atomic mass is 32.2. The van der Waals surface area contributed by atoms with Crippen LogP contribution < -0.4 is 10.4 Å². The van der Waals surface area contributed by atoms with Crippen LogP contribution in [0.3, 0.4) is 0 Å². The van der Waals surface area contributed by atoms with E-state index in [9.17, 15) is 4.79 Å². The van der Waals surface area contributed by atoms with Crippen LogP contribution in [0.15, 0.2) is 75.6 Å². The van der Waals surface area contributed by atoms with Crippen molar-refractivity contribution in [3.63, 3.8) is 0 Å². The van der Waals surface area contributed by atoms with Gasteiger partial charge in [0.1, 0.15) is 11.3 Å². The molecule has 0 aliphatic rings. The Bertz CT molecular complexity index is 1190. The molecule has 0 saturated carbocycles. The van der Waals surface area contributed by atoms with Crippen LogP contribution in [0, 0.1) is 0 Å². The lowest BCUT2D eigenvalue weighted by atomic mass is 10.1. The Balaban J connectivity index is 1.71. The molecule has 0 radical (unpaired) electrons. The van der Waals surface area contributed by atoms with E-state index in [0.717, 1.165) is 27.1 Å². The number of thioether (sulfide) groups is 1. The lowest BCUT2D eigenvalue weighted by Gasteiger charge is -2.08. The van der Waals surface area contributed by atoms with Crippen molar-refractivity contribution in [3.05, 3.63) is 77.2 Å². The normalized spacial score (nSPS) is 11.1. The Morgan fingerprint density at radius 1 is 1.26 bits per heavy atom. The summed E-state index contributed by atoms with van der Waals surface area (Å²) in [6, 6.07) is 15.1. The Kier molecular flexibility index (Phi) is 4.73. The number of aromatic nitrogens is 2. The number of hydrogen-bond acceptors (Lipinski definition) is 5. The molecule has 0 bridgehead atoms. The van der Waals surface area contributed by atoms with Gasteiger partial charge in [-0.05, 0) is 29.8 Å². The molecule has 0 fully saturated rings. The van der Waals surface area contributed by atoms with Crippen molar-refractivity contribution in [1.29, 1.82) is 0 Å². The van der Waals surface area contributed by atoms with E-state index in [-0.39, 0.29) is 5.63 Å². The summed E-state index contributed by atoms with van der Waals surface area (Å²) in [5.41, 5.74) is 3.08. The van der Waals surface area contributed by atoms with Gasteiger partial charge in [-0.25, -0.2) is 9.78 Å². The van der Waals surface area contributed by atoms with E-state index >= 15 is 0 Å². The van der Waals surface area contributed by atoms with E-state index in [2.05, 4.69) is 17.2 Å². The predicted molar refractivity (Wildman–Crippen MR) is 109 cm³/mol. The fourth-order valence-electron chi connectivity index (χ4n) is 3.07. The summed E-state index contributed by atoms with van der Waals surface area (Å²) in [6.07, 6.45) is 1.86. The maximum Gasteiger partial charge on any atom is 0.336 e. The third-order valence-electron chi connectivity index (χ3n) is 4.33. The molecule has 0 aliphatic carbocycles. The minimum atomic E-state index is -0.369. The Labute approximate surface area is 160 Å². The number of benzene rings is 2. The highest BCUT2D eigenvalue weighted by Gasteiger charge is 2.12. The zero-order valence-electron chi connectivity index (χ0n) is 14.8. The highest BCUT2D eigenvalue weighted by Crippen LogP contribution is 2.30. The monoisotopic (exact) mass is 378 g/mol. The first-order valence-corrected chi connectivity index (χ1v) is 9.48. The lowest BCUT2D eigenvalue weighted by Crippen LogP contribution is -2.01. The highest BCUT2D eigenvalue weighted by molar-refractivity contribution is 7.98. The first-order valence-electron chi connectivity index (χ1n) is 8.49.